The van der Waals surface area contributed by atoms with Crippen LogP contribution in [0.25, 0.3) is 0 Å². The van der Waals surface area contributed by atoms with Crippen LogP contribution in [-0.4, -0.2) is 54.3 Å². The predicted molar refractivity (Wildman–Crippen MR) is 97.4 cm³/mol. The predicted octanol–water partition coefficient (Wildman–Crippen LogP) is 1.21. The third kappa shape index (κ3) is 4.79. The summed E-state index contributed by atoms with van der Waals surface area (Å²) in [7, 11) is 1.72. The Morgan fingerprint density at radius 1 is 1.32 bits per heavy atom. The Hall–Kier alpha value is -2.41. The van der Waals surface area contributed by atoms with E-state index in [-0.39, 0.29) is 36.3 Å². The van der Waals surface area contributed by atoms with Gasteiger partial charge in [-0.3, -0.25) is 24.2 Å². The molecular weight excluding hydrogens is 320 g/mol. The zero-order valence-corrected chi connectivity index (χ0v) is 15.4. The van der Waals surface area contributed by atoms with Crippen LogP contribution in [0.2, 0.25) is 0 Å². The number of nitrogens with zero attached hydrogens (tertiary/aromatic N) is 2. The lowest BCUT2D eigenvalue weighted by molar-refractivity contribution is -0.128. The minimum absolute atomic E-state index is 0.0256. The molecule has 2 N–H and O–H groups in total. The van der Waals surface area contributed by atoms with Crippen LogP contribution in [0.5, 0.6) is 0 Å². The van der Waals surface area contributed by atoms with Gasteiger partial charge in [0.2, 0.25) is 17.7 Å². The highest BCUT2D eigenvalue weighted by molar-refractivity contribution is 6.11. The van der Waals surface area contributed by atoms with E-state index in [1.165, 1.54) is 4.90 Å². The molecule has 2 rings (SSSR count). The van der Waals surface area contributed by atoms with E-state index in [4.69, 9.17) is 0 Å². The van der Waals surface area contributed by atoms with Crippen LogP contribution in [0, 0.1) is 0 Å². The molecule has 0 bridgehead atoms. The van der Waals surface area contributed by atoms with E-state index < -0.39 is 6.04 Å². The van der Waals surface area contributed by atoms with E-state index >= 15 is 0 Å². The zero-order chi connectivity index (χ0) is 18.8. The summed E-state index contributed by atoms with van der Waals surface area (Å²) in [4.78, 5) is 40.0. The van der Waals surface area contributed by atoms with Crippen molar-refractivity contribution in [2.24, 2.45) is 0 Å². The van der Waals surface area contributed by atoms with E-state index in [9.17, 15) is 14.4 Å². The van der Waals surface area contributed by atoms with Crippen LogP contribution in [0.3, 0.4) is 0 Å². The molecule has 0 aromatic heterocycles. The first-order chi connectivity index (χ1) is 11.6. The van der Waals surface area contributed by atoms with Crippen LogP contribution in [0.4, 0.5) is 11.4 Å². The Kier molecular flexibility index (Phi) is 5.47. The number of fused-ring (bicyclic) bond motifs is 1. The van der Waals surface area contributed by atoms with Crippen LogP contribution >= 0.6 is 0 Å². The van der Waals surface area contributed by atoms with Gasteiger partial charge in [-0.1, -0.05) is 12.1 Å². The maximum absolute atomic E-state index is 12.9. The van der Waals surface area contributed by atoms with Gasteiger partial charge in [0.25, 0.3) is 0 Å². The zero-order valence-electron chi connectivity index (χ0n) is 15.4. The largest absolute Gasteiger partial charge is 0.350 e. The molecule has 1 aromatic rings. The molecule has 7 nitrogen and oxygen atoms in total. The van der Waals surface area contributed by atoms with Crippen LogP contribution in [0.15, 0.2) is 24.3 Å². The minimum Gasteiger partial charge on any atom is -0.350 e. The number of carbonyl (C=O) groups excluding carboxylic acids is 3. The Morgan fingerprint density at radius 2 is 1.96 bits per heavy atom. The van der Waals surface area contributed by atoms with E-state index in [2.05, 4.69) is 10.6 Å². The van der Waals surface area contributed by atoms with Gasteiger partial charge in [-0.25, -0.2) is 0 Å². The van der Waals surface area contributed by atoms with Gasteiger partial charge >= 0.3 is 0 Å². The molecule has 25 heavy (non-hydrogen) atoms. The molecule has 1 aromatic carbocycles. The molecule has 3 amide bonds. The number of hydrogen-bond acceptors (Lipinski definition) is 4. The Bertz CT molecular complexity index is 681. The van der Waals surface area contributed by atoms with E-state index in [1.54, 1.807) is 37.1 Å². The monoisotopic (exact) mass is 346 g/mol. The molecule has 0 aliphatic carbocycles. The topological polar surface area (TPSA) is 81.8 Å². The van der Waals surface area contributed by atoms with E-state index in [1.807, 2.05) is 26.8 Å². The molecule has 0 radical (unpaired) electrons. The van der Waals surface area contributed by atoms with E-state index in [0.29, 0.717) is 11.4 Å². The van der Waals surface area contributed by atoms with Crippen molar-refractivity contribution in [3.63, 3.8) is 0 Å². The van der Waals surface area contributed by atoms with Crippen molar-refractivity contribution in [3.8, 4) is 0 Å². The fourth-order valence-corrected chi connectivity index (χ4v) is 2.67. The van der Waals surface area contributed by atoms with Crippen LogP contribution in [-0.2, 0) is 14.4 Å². The quantitative estimate of drug-likeness (QED) is 0.858. The molecule has 0 saturated carbocycles. The summed E-state index contributed by atoms with van der Waals surface area (Å²) >= 11 is 0. The van der Waals surface area contributed by atoms with Gasteiger partial charge in [0, 0.05) is 5.54 Å². The first kappa shape index (κ1) is 18.9. The maximum atomic E-state index is 12.9. The van der Waals surface area contributed by atoms with Crippen molar-refractivity contribution in [2.75, 3.05) is 30.4 Å². The number of nitrogens with one attached hydrogen (secondary N) is 2. The minimum atomic E-state index is -0.537. The number of amides is 3. The SMILES string of the molecule is C[C@H](C(=O)N1CC(=O)Nc2ccccc21)N(C)CC(=O)NC(C)(C)C. The van der Waals surface area contributed by atoms with Crippen LogP contribution in [0.1, 0.15) is 27.7 Å². The van der Waals surface area contributed by atoms with E-state index in [0.717, 1.165) is 0 Å². The molecule has 0 saturated heterocycles. The standard InChI is InChI=1S/C18H26N4O3/c1-12(21(5)10-16(24)20-18(2,3)4)17(25)22-11-15(23)19-13-8-6-7-9-14(13)22/h6-9,12H,10-11H2,1-5H3,(H,19,23)(H,20,24)/t12-/m1/s1. The molecule has 7 heteroatoms. The van der Waals surface area contributed by atoms with Crippen molar-refractivity contribution in [3.05, 3.63) is 24.3 Å². The summed E-state index contributed by atoms with van der Waals surface area (Å²) in [6, 6.07) is 6.65. The lowest BCUT2D eigenvalue weighted by Gasteiger charge is -2.33. The fraction of sp³-hybridized carbons (Fsp3) is 0.500. The van der Waals surface area contributed by atoms with Crippen molar-refractivity contribution in [1.29, 1.82) is 0 Å². The smallest absolute Gasteiger partial charge is 0.244 e. The maximum Gasteiger partial charge on any atom is 0.244 e. The molecule has 0 fully saturated rings. The lowest BCUT2D eigenvalue weighted by Crippen LogP contribution is -2.53. The number of hydrogen-bond donors (Lipinski definition) is 2. The Morgan fingerprint density at radius 3 is 2.60 bits per heavy atom. The third-order valence-electron chi connectivity index (χ3n) is 3.96. The first-order valence-electron chi connectivity index (χ1n) is 8.30. The van der Waals surface area contributed by atoms with Crippen LogP contribution < -0.4 is 15.5 Å². The van der Waals surface area contributed by atoms with Crippen molar-refractivity contribution < 1.29 is 14.4 Å². The van der Waals surface area contributed by atoms with Gasteiger partial charge in [-0.2, -0.15) is 0 Å². The van der Waals surface area contributed by atoms with Crippen molar-refractivity contribution in [2.45, 2.75) is 39.3 Å². The second kappa shape index (κ2) is 7.23. The summed E-state index contributed by atoms with van der Waals surface area (Å²) in [5, 5.41) is 5.64. The molecule has 1 atom stereocenters. The third-order valence-corrected chi connectivity index (χ3v) is 3.96. The average molecular weight is 346 g/mol. The summed E-state index contributed by atoms with van der Waals surface area (Å²) in [6.45, 7) is 7.53. The number of likely N-dealkylation sites (N-methyl/N-ethyl adjacent to an activating group) is 1. The number of rotatable bonds is 4. The molecule has 0 unspecified atom stereocenters. The second-order valence-electron chi connectivity index (χ2n) is 7.38. The van der Waals surface area contributed by atoms with Gasteiger partial charge in [-0.15, -0.1) is 0 Å². The molecule has 136 valence electrons. The number of benzene rings is 1. The fourth-order valence-electron chi connectivity index (χ4n) is 2.67. The van der Waals surface area contributed by atoms with Gasteiger partial charge in [0.1, 0.15) is 6.54 Å². The van der Waals surface area contributed by atoms with Crippen molar-refractivity contribution in [1.82, 2.24) is 10.2 Å². The summed E-state index contributed by atoms with van der Waals surface area (Å²) < 4.78 is 0. The summed E-state index contributed by atoms with van der Waals surface area (Å²) in [5.41, 5.74) is 0.966. The summed E-state index contributed by atoms with van der Waals surface area (Å²) in [6.07, 6.45) is 0. The van der Waals surface area contributed by atoms with Gasteiger partial charge in [0.15, 0.2) is 0 Å². The highest BCUT2D eigenvalue weighted by atomic mass is 16.2. The number of carbonyl (C=O) groups is 3. The Labute approximate surface area is 148 Å². The lowest BCUT2D eigenvalue weighted by atomic mass is 10.1. The van der Waals surface area contributed by atoms with Gasteiger partial charge in [-0.05, 0) is 46.9 Å². The molecule has 1 aliphatic heterocycles. The highest BCUT2D eigenvalue weighted by Crippen LogP contribution is 2.29. The molecule has 1 heterocycles. The number of para-hydroxylation sites is 2. The normalized spacial score (nSPS) is 15.4. The van der Waals surface area contributed by atoms with Gasteiger partial charge in [0.05, 0.1) is 24.0 Å². The average Bonchev–Trinajstić information content (AvgIpc) is 2.50. The molecule has 0 spiro atoms. The molecular formula is C18H26N4O3. The summed E-state index contributed by atoms with van der Waals surface area (Å²) in [5.74, 6) is -0.591. The van der Waals surface area contributed by atoms with Gasteiger partial charge < -0.3 is 10.6 Å². The number of anilines is 2. The Balaban J connectivity index is 2.09. The van der Waals surface area contributed by atoms with Crippen molar-refractivity contribution >= 4 is 29.1 Å². The second-order valence-corrected chi connectivity index (χ2v) is 7.38. The highest BCUT2D eigenvalue weighted by Gasteiger charge is 2.31. The molecule has 1 aliphatic rings. The first-order valence-corrected chi connectivity index (χ1v) is 8.30.